The van der Waals surface area contributed by atoms with Crippen molar-refractivity contribution < 1.29 is 0 Å². The summed E-state index contributed by atoms with van der Waals surface area (Å²) in [5, 5.41) is 4.08. The molecule has 0 aliphatic carbocycles. The van der Waals surface area contributed by atoms with Gasteiger partial charge in [0, 0.05) is 12.4 Å². The van der Waals surface area contributed by atoms with Gasteiger partial charge in [-0.25, -0.2) is 0 Å². The van der Waals surface area contributed by atoms with E-state index in [0.29, 0.717) is 0 Å². The van der Waals surface area contributed by atoms with Crippen molar-refractivity contribution in [2.45, 2.75) is 111 Å². The monoisotopic (exact) mass is 557 g/mol. The Balaban J connectivity index is -0.0000000619. The van der Waals surface area contributed by atoms with Crippen molar-refractivity contribution in [1.82, 2.24) is 4.98 Å². The maximum atomic E-state index is 3.78. The van der Waals surface area contributed by atoms with Crippen LogP contribution in [-0.2, 0) is 6.42 Å². The van der Waals surface area contributed by atoms with E-state index in [1.54, 1.807) is 23.7 Å². The van der Waals surface area contributed by atoms with Crippen LogP contribution < -0.4 is 0 Å². The summed E-state index contributed by atoms with van der Waals surface area (Å²) in [6, 6.07) is 30.5. The summed E-state index contributed by atoms with van der Waals surface area (Å²) in [6.07, 6.45) is 4.64. The molecule has 4 aromatic rings. The normalized spacial score (nSPS) is 6.62. The van der Waals surface area contributed by atoms with Gasteiger partial charge in [-0.15, -0.1) is 0 Å². The van der Waals surface area contributed by atoms with Crippen molar-refractivity contribution in [3.05, 3.63) is 125 Å². The molecule has 0 aliphatic heterocycles. The molecule has 2 heterocycles. The molecule has 0 bridgehead atoms. The minimum atomic E-state index is 0. The lowest BCUT2D eigenvalue weighted by atomic mass is 10.2. The summed E-state index contributed by atoms with van der Waals surface area (Å²) >= 11 is 1.71. The van der Waals surface area contributed by atoms with Gasteiger partial charge in [-0.1, -0.05) is 182 Å². The largest absolute Gasteiger partial charge is 0.265 e. The second kappa shape index (κ2) is 64.9. The molecule has 0 spiro atoms. The third kappa shape index (κ3) is 56.6. The molecule has 0 unspecified atom stereocenters. The predicted octanol–water partition coefficient (Wildman–Crippen LogP) is 13.9. The van der Waals surface area contributed by atoms with Gasteiger partial charge in [0.05, 0.1) is 0 Å². The zero-order valence-corrected chi connectivity index (χ0v) is 28.3. The van der Waals surface area contributed by atoms with Gasteiger partial charge >= 0.3 is 0 Å². The first-order valence-corrected chi connectivity index (χ1v) is 15.6. The Labute approximate surface area is 251 Å². The van der Waals surface area contributed by atoms with Crippen LogP contribution in [0.15, 0.2) is 114 Å². The van der Waals surface area contributed by atoms with Gasteiger partial charge < -0.3 is 0 Å². The van der Waals surface area contributed by atoms with E-state index in [0.717, 1.165) is 6.42 Å². The van der Waals surface area contributed by atoms with Crippen molar-refractivity contribution in [3.8, 4) is 0 Å². The minimum absolute atomic E-state index is 0. The molecule has 2 aromatic heterocycles. The number of hydrogen-bond acceptors (Lipinski definition) is 2. The number of aryl methyl sites for hydroxylation is 2. The fraction of sp³-hybridized carbons (Fsp3) is 0.432. The first-order valence-electron chi connectivity index (χ1n) is 14.7. The van der Waals surface area contributed by atoms with E-state index in [-0.39, 0.29) is 7.43 Å². The highest BCUT2D eigenvalue weighted by molar-refractivity contribution is 7.07. The van der Waals surface area contributed by atoms with Crippen molar-refractivity contribution >= 4 is 11.3 Å². The van der Waals surface area contributed by atoms with Crippen molar-refractivity contribution in [2.24, 2.45) is 0 Å². The molecule has 0 N–H and O–H groups in total. The molecule has 0 saturated carbocycles. The van der Waals surface area contributed by atoms with E-state index in [9.17, 15) is 0 Å². The fourth-order valence-electron chi connectivity index (χ4n) is 1.79. The summed E-state index contributed by atoms with van der Waals surface area (Å²) in [7, 11) is 0. The Morgan fingerprint density at radius 3 is 0.974 bits per heavy atom. The number of hydrogen-bond donors (Lipinski definition) is 0. The van der Waals surface area contributed by atoms with E-state index in [1.807, 2.05) is 148 Å². The molecule has 1 nitrogen and oxygen atoms in total. The predicted molar refractivity (Wildman–Crippen MR) is 190 cm³/mol. The summed E-state index contributed by atoms with van der Waals surface area (Å²) in [4.78, 5) is 3.78. The molecule has 0 atom stereocenters. The molecule has 2 heteroatoms. The van der Waals surface area contributed by atoms with Gasteiger partial charge in [-0.05, 0) is 41.8 Å². The standard InChI is InChI=1S/C8H10.C7H8.C5H5N.C4H4S.6C2H6.CH4/c1-2-8-6-4-3-5-7-8;1-7-5-3-2-4-6-7;1-2-4-6-5-3-1;1-2-4-5-3-1;6*1-2;/h3-7H,2H2,1H3;2-6H,1H3;1-5H;1-4H;6*1-2H3;1H4. The number of thiophene rings is 1. The zero-order chi connectivity index (χ0) is 30.7. The summed E-state index contributed by atoms with van der Waals surface area (Å²) in [6.45, 7) is 28.2. The smallest absolute Gasteiger partial charge is 0.0267 e. The Morgan fingerprint density at radius 1 is 0.487 bits per heavy atom. The highest BCUT2D eigenvalue weighted by Crippen LogP contribution is 1.97. The highest BCUT2D eigenvalue weighted by Gasteiger charge is 1.80. The molecular formula is C37H67NS. The number of nitrogens with zero attached hydrogens (tertiary/aromatic N) is 1. The van der Waals surface area contributed by atoms with Crippen LogP contribution in [0.2, 0.25) is 0 Å². The summed E-state index contributed by atoms with van der Waals surface area (Å²) in [5.41, 5.74) is 2.73. The van der Waals surface area contributed by atoms with Gasteiger partial charge in [-0.2, -0.15) is 11.3 Å². The lowest BCUT2D eigenvalue weighted by Crippen LogP contribution is -1.73. The molecule has 2 aromatic carbocycles. The second-order valence-corrected chi connectivity index (χ2v) is 6.13. The van der Waals surface area contributed by atoms with Crippen molar-refractivity contribution in [2.75, 3.05) is 0 Å². The fourth-order valence-corrected chi connectivity index (χ4v) is 2.24. The maximum absolute atomic E-state index is 3.78. The van der Waals surface area contributed by atoms with E-state index < -0.39 is 0 Å². The molecule has 0 aliphatic rings. The van der Waals surface area contributed by atoms with Gasteiger partial charge in [0.15, 0.2) is 0 Å². The molecule has 226 valence electrons. The molecule has 0 amide bonds. The SMILES string of the molecule is C.CC.CC.CC.CC.CC.CC.CCc1ccccc1.Cc1ccccc1.c1ccncc1.c1ccsc1. The van der Waals surface area contributed by atoms with Gasteiger partial charge in [0.2, 0.25) is 0 Å². The van der Waals surface area contributed by atoms with Gasteiger partial charge in [0.1, 0.15) is 0 Å². The van der Waals surface area contributed by atoms with Crippen LogP contribution in [0.4, 0.5) is 0 Å². The van der Waals surface area contributed by atoms with Crippen LogP contribution in [-0.4, -0.2) is 4.98 Å². The van der Waals surface area contributed by atoms with Crippen molar-refractivity contribution in [1.29, 1.82) is 0 Å². The quantitative estimate of drug-likeness (QED) is 0.227. The van der Waals surface area contributed by atoms with E-state index in [2.05, 4.69) is 55.2 Å². The molecule has 0 radical (unpaired) electrons. The average Bonchev–Trinajstić information content (AvgIpc) is 3.66. The maximum Gasteiger partial charge on any atom is 0.0267 e. The average molecular weight is 558 g/mol. The molecule has 0 saturated heterocycles. The van der Waals surface area contributed by atoms with E-state index in [4.69, 9.17) is 0 Å². The van der Waals surface area contributed by atoms with Crippen LogP contribution in [0.1, 0.15) is 109 Å². The number of aromatic nitrogens is 1. The van der Waals surface area contributed by atoms with Gasteiger partial charge in [-0.3, -0.25) is 4.98 Å². The first-order chi connectivity index (χ1) is 18.8. The van der Waals surface area contributed by atoms with Crippen LogP contribution in [0.25, 0.3) is 0 Å². The van der Waals surface area contributed by atoms with Crippen molar-refractivity contribution in [3.63, 3.8) is 0 Å². The van der Waals surface area contributed by atoms with Crippen LogP contribution in [0, 0.1) is 6.92 Å². The third-order valence-corrected chi connectivity index (χ3v) is 3.81. The Hall–Kier alpha value is -2.71. The number of pyridine rings is 1. The van der Waals surface area contributed by atoms with Crippen LogP contribution in [0.5, 0.6) is 0 Å². The Morgan fingerprint density at radius 2 is 0.821 bits per heavy atom. The molecule has 39 heavy (non-hydrogen) atoms. The lowest BCUT2D eigenvalue weighted by Gasteiger charge is -1.89. The van der Waals surface area contributed by atoms with Crippen LogP contribution in [0.3, 0.4) is 0 Å². The van der Waals surface area contributed by atoms with Gasteiger partial charge in [0.25, 0.3) is 0 Å². The molecular weight excluding hydrogens is 490 g/mol. The number of rotatable bonds is 1. The Kier molecular flexibility index (Phi) is 87.6. The first kappa shape index (κ1) is 52.7. The molecule has 0 fully saturated rings. The molecule has 4 rings (SSSR count). The lowest BCUT2D eigenvalue weighted by molar-refractivity contribution is 1.14. The Bertz CT molecular complexity index is 680. The zero-order valence-electron chi connectivity index (χ0n) is 27.5. The summed E-state index contributed by atoms with van der Waals surface area (Å²) < 4.78 is 0. The third-order valence-electron chi connectivity index (χ3n) is 3.18. The number of benzene rings is 2. The summed E-state index contributed by atoms with van der Waals surface area (Å²) in [5.74, 6) is 0. The van der Waals surface area contributed by atoms with E-state index >= 15 is 0 Å². The van der Waals surface area contributed by atoms with E-state index in [1.165, 1.54) is 11.1 Å². The topological polar surface area (TPSA) is 12.9 Å². The minimum Gasteiger partial charge on any atom is -0.265 e. The van der Waals surface area contributed by atoms with Crippen LogP contribution >= 0.6 is 11.3 Å². The highest BCUT2D eigenvalue weighted by atomic mass is 32.1. The second-order valence-electron chi connectivity index (χ2n) is 5.31.